The van der Waals surface area contributed by atoms with Gasteiger partial charge in [-0.05, 0) is 51.4 Å². The lowest BCUT2D eigenvalue weighted by Gasteiger charge is -2.40. The van der Waals surface area contributed by atoms with Gasteiger partial charge in [0.1, 0.15) is 36.6 Å². The number of rotatable bonds is 62. The molecular weight excluding hydrogens is 1010 g/mol. The van der Waals surface area contributed by atoms with Crippen LogP contribution in [0, 0.1) is 0 Å². The summed E-state index contributed by atoms with van der Waals surface area (Å²) in [7, 11) is 0. The molecule has 1 rings (SSSR count). The molecule has 0 aromatic carbocycles. The zero-order valence-corrected chi connectivity index (χ0v) is 53.0. The van der Waals surface area contributed by atoms with Crippen LogP contribution in [-0.4, -0.2) is 110 Å². The fraction of sp³-hybridized carbons (Fsp3) is 0.929. The van der Waals surface area contributed by atoms with Crippen LogP contribution in [0.4, 0.5) is 0 Å². The van der Waals surface area contributed by atoms with Crippen LogP contribution in [0.2, 0.25) is 0 Å². The molecule has 0 bridgehead atoms. The number of aliphatic hydroxyl groups is 7. The largest absolute Gasteiger partial charge is 0.394 e. The third kappa shape index (κ3) is 46.5. The molecule has 1 aliphatic rings. The Balaban J connectivity index is 2.23. The topological polar surface area (TPSA) is 189 Å². The monoisotopic (exact) mass is 1150 g/mol. The van der Waals surface area contributed by atoms with Crippen LogP contribution in [0.15, 0.2) is 24.3 Å². The molecule has 11 nitrogen and oxygen atoms in total. The van der Waals surface area contributed by atoms with E-state index in [1.54, 1.807) is 0 Å². The molecule has 81 heavy (non-hydrogen) atoms. The molecule has 0 aromatic heterocycles. The van der Waals surface area contributed by atoms with Crippen LogP contribution >= 0.6 is 0 Å². The Morgan fingerprint density at radius 2 is 0.741 bits per heavy atom. The van der Waals surface area contributed by atoms with Crippen molar-refractivity contribution in [2.45, 2.75) is 403 Å². The standard InChI is InChI=1S/C70H135NO10/c1-3-5-7-9-11-13-15-17-19-21-23-25-27-29-30-31-32-34-35-37-39-41-43-45-47-49-51-53-55-57-62(73)65(75)61(60-80-70-68(78)67(77)66(76)64(59-72)81-70)71-69(79)63(74)58-56-54-52-50-48-46-44-42-40-38-36-33-28-26-24-22-20-18-16-14-12-10-8-6-4-2/h41,43,49,51,61-68,70,72-78H,3-40,42,44-48,50,52-60H2,1-2H3,(H,71,79)/b43-41+,51-49+. The normalized spacial score (nSPS) is 19.2. The maximum Gasteiger partial charge on any atom is 0.249 e. The second-order valence-corrected chi connectivity index (χ2v) is 25.0. The van der Waals surface area contributed by atoms with E-state index in [2.05, 4.69) is 43.5 Å². The molecule has 1 saturated heterocycles. The third-order valence-electron chi connectivity index (χ3n) is 17.2. The first kappa shape index (κ1) is 77.6. The zero-order valence-electron chi connectivity index (χ0n) is 53.0. The molecule has 0 radical (unpaired) electrons. The molecule has 0 saturated carbocycles. The molecule has 11 heteroatoms. The van der Waals surface area contributed by atoms with E-state index in [0.29, 0.717) is 19.3 Å². The molecule has 1 heterocycles. The Morgan fingerprint density at radius 3 is 1.10 bits per heavy atom. The average Bonchev–Trinajstić information content (AvgIpc) is 3.51. The van der Waals surface area contributed by atoms with E-state index in [1.807, 2.05) is 0 Å². The Bertz CT molecular complexity index is 1370. The molecule has 9 unspecified atom stereocenters. The zero-order chi connectivity index (χ0) is 58.9. The number of carbonyl (C=O) groups excluding carboxylic acids is 1. The summed E-state index contributed by atoms with van der Waals surface area (Å²) in [5.41, 5.74) is 0. The fourth-order valence-corrected chi connectivity index (χ4v) is 11.6. The van der Waals surface area contributed by atoms with Gasteiger partial charge in [-0.25, -0.2) is 0 Å². The molecule has 0 aromatic rings. The van der Waals surface area contributed by atoms with Crippen molar-refractivity contribution in [3.63, 3.8) is 0 Å². The Kier molecular flexibility index (Phi) is 56.5. The number of unbranched alkanes of at least 4 members (excludes halogenated alkanes) is 46. The highest BCUT2D eigenvalue weighted by molar-refractivity contribution is 5.80. The van der Waals surface area contributed by atoms with Gasteiger partial charge < -0.3 is 50.5 Å². The van der Waals surface area contributed by atoms with E-state index in [9.17, 15) is 40.5 Å². The number of aliphatic hydroxyl groups excluding tert-OH is 7. The van der Waals surface area contributed by atoms with E-state index in [-0.39, 0.29) is 12.8 Å². The minimum atomic E-state index is -1.67. The van der Waals surface area contributed by atoms with Gasteiger partial charge in [0.2, 0.25) is 5.91 Å². The highest BCUT2D eigenvalue weighted by Gasteiger charge is 2.44. The molecule has 0 spiro atoms. The summed E-state index contributed by atoms with van der Waals surface area (Å²) in [6.07, 6.45) is 62.7. The second-order valence-electron chi connectivity index (χ2n) is 25.0. The molecule has 1 aliphatic heterocycles. The number of allylic oxidation sites excluding steroid dienone is 4. The number of hydrogen-bond acceptors (Lipinski definition) is 10. The number of carbonyl (C=O) groups is 1. The number of ether oxygens (including phenoxy) is 2. The number of nitrogens with one attached hydrogen (secondary N) is 1. The van der Waals surface area contributed by atoms with Gasteiger partial charge in [-0.2, -0.15) is 0 Å². The van der Waals surface area contributed by atoms with E-state index >= 15 is 0 Å². The molecular formula is C70H135NO10. The van der Waals surface area contributed by atoms with Crippen molar-refractivity contribution in [3.8, 4) is 0 Å². The van der Waals surface area contributed by atoms with Gasteiger partial charge in [0, 0.05) is 0 Å². The summed E-state index contributed by atoms with van der Waals surface area (Å²) in [6.45, 7) is 3.50. The molecule has 8 N–H and O–H groups in total. The van der Waals surface area contributed by atoms with Crippen molar-refractivity contribution in [1.29, 1.82) is 0 Å². The SMILES string of the molecule is CCCCCCCCCCCCCCCCCCCCCC/C=C/CC/C=C/CCCC(O)C(O)C(COC1OC(CO)C(O)C(O)C1O)NC(=O)C(O)CCCCCCCCCCCCCCCCCCCCCCCCCCC. The van der Waals surface area contributed by atoms with Crippen molar-refractivity contribution in [1.82, 2.24) is 5.32 Å². The summed E-state index contributed by atoms with van der Waals surface area (Å²) >= 11 is 0. The van der Waals surface area contributed by atoms with E-state index < -0.39 is 74.2 Å². The van der Waals surface area contributed by atoms with Gasteiger partial charge in [0.15, 0.2) is 6.29 Å². The second kappa shape index (κ2) is 58.9. The Labute approximate surface area is 499 Å². The fourth-order valence-electron chi connectivity index (χ4n) is 11.6. The summed E-state index contributed by atoms with van der Waals surface area (Å²) < 4.78 is 11.2. The minimum absolute atomic E-state index is 0.249. The lowest BCUT2D eigenvalue weighted by Crippen LogP contribution is -2.60. The summed E-state index contributed by atoms with van der Waals surface area (Å²) in [4.78, 5) is 13.2. The highest BCUT2D eigenvalue weighted by atomic mass is 16.7. The van der Waals surface area contributed by atoms with Crippen LogP contribution in [0.1, 0.15) is 348 Å². The van der Waals surface area contributed by atoms with E-state index in [1.165, 1.54) is 263 Å². The van der Waals surface area contributed by atoms with Gasteiger partial charge in [-0.1, -0.05) is 321 Å². The summed E-state index contributed by atoms with van der Waals surface area (Å²) in [5.74, 6) is -0.703. The quantitative estimate of drug-likeness (QED) is 0.0215. The van der Waals surface area contributed by atoms with E-state index in [4.69, 9.17) is 9.47 Å². The highest BCUT2D eigenvalue weighted by Crippen LogP contribution is 2.24. The van der Waals surface area contributed by atoms with Crippen LogP contribution in [0.25, 0.3) is 0 Å². The maximum absolute atomic E-state index is 13.2. The lowest BCUT2D eigenvalue weighted by atomic mass is 9.98. The van der Waals surface area contributed by atoms with Gasteiger partial charge in [-0.3, -0.25) is 4.79 Å². The van der Waals surface area contributed by atoms with Crippen molar-refractivity contribution in [3.05, 3.63) is 24.3 Å². The van der Waals surface area contributed by atoms with Crippen molar-refractivity contribution in [2.24, 2.45) is 0 Å². The molecule has 9 atom stereocenters. The molecule has 1 amide bonds. The smallest absolute Gasteiger partial charge is 0.249 e. The van der Waals surface area contributed by atoms with Gasteiger partial charge >= 0.3 is 0 Å². The Hall–Kier alpha value is -1.41. The summed E-state index contributed by atoms with van der Waals surface area (Å²) in [5, 5.41) is 76.5. The maximum atomic E-state index is 13.2. The van der Waals surface area contributed by atoms with Crippen LogP contribution in [0.5, 0.6) is 0 Å². The Morgan fingerprint density at radius 1 is 0.420 bits per heavy atom. The van der Waals surface area contributed by atoms with Crippen molar-refractivity contribution in [2.75, 3.05) is 13.2 Å². The average molecular weight is 1150 g/mol. The first-order valence-electron chi connectivity index (χ1n) is 35.2. The molecule has 0 aliphatic carbocycles. The number of amides is 1. The number of hydrogen-bond donors (Lipinski definition) is 8. The van der Waals surface area contributed by atoms with Gasteiger partial charge in [-0.15, -0.1) is 0 Å². The first-order chi connectivity index (χ1) is 39.7. The minimum Gasteiger partial charge on any atom is -0.394 e. The lowest BCUT2D eigenvalue weighted by molar-refractivity contribution is -0.303. The van der Waals surface area contributed by atoms with Crippen LogP contribution in [-0.2, 0) is 14.3 Å². The predicted octanol–water partition coefficient (Wildman–Crippen LogP) is 16.8. The van der Waals surface area contributed by atoms with Crippen molar-refractivity contribution < 1.29 is 50.0 Å². The van der Waals surface area contributed by atoms with Crippen LogP contribution in [0.3, 0.4) is 0 Å². The van der Waals surface area contributed by atoms with Crippen LogP contribution < -0.4 is 5.32 Å². The summed E-state index contributed by atoms with van der Waals surface area (Å²) in [6, 6.07) is -1.19. The van der Waals surface area contributed by atoms with E-state index in [0.717, 1.165) is 38.5 Å². The van der Waals surface area contributed by atoms with Crippen molar-refractivity contribution >= 4 is 5.91 Å². The third-order valence-corrected chi connectivity index (χ3v) is 17.2. The predicted molar refractivity (Wildman–Crippen MR) is 339 cm³/mol. The molecule has 480 valence electrons. The van der Waals surface area contributed by atoms with Gasteiger partial charge in [0.05, 0.1) is 25.4 Å². The van der Waals surface area contributed by atoms with Gasteiger partial charge in [0.25, 0.3) is 0 Å². The first-order valence-corrected chi connectivity index (χ1v) is 35.2. The molecule has 1 fully saturated rings.